The van der Waals surface area contributed by atoms with Gasteiger partial charge in [0.1, 0.15) is 17.4 Å². The van der Waals surface area contributed by atoms with Crippen molar-refractivity contribution in [1.82, 2.24) is 10.6 Å². The maximum absolute atomic E-state index is 14.1. The molecular formula is C29H29ClF2N2O8. The Morgan fingerprint density at radius 1 is 0.929 bits per heavy atom. The van der Waals surface area contributed by atoms with Crippen molar-refractivity contribution in [2.24, 2.45) is 0 Å². The van der Waals surface area contributed by atoms with E-state index in [1.165, 1.54) is 50.6 Å². The molecule has 1 heterocycles. The molecule has 1 aliphatic heterocycles. The Kier molecular flexibility index (Phi) is 10.7. The molecule has 4 rings (SSSR count). The zero-order chi connectivity index (χ0) is 29.7. The van der Waals surface area contributed by atoms with E-state index in [2.05, 4.69) is 10.6 Å². The smallest absolute Gasteiger partial charge is 0.338 e. The fourth-order valence-electron chi connectivity index (χ4n) is 4.44. The lowest BCUT2D eigenvalue weighted by Crippen LogP contribution is -2.49. The molecule has 0 bridgehead atoms. The number of ketones is 1. The first kappa shape index (κ1) is 32.1. The highest BCUT2D eigenvalue weighted by molar-refractivity contribution is 6.11. The number of hydrogen-bond acceptors (Lipinski definition) is 9. The molecule has 3 aromatic rings. The second kappa shape index (κ2) is 14.0. The van der Waals surface area contributed by atoms with E-state index in [4.69, 9.17) is 14.2 Å². The number of phenolic OH excluding ortho intramolecular Hbond substituents is 2. The van der Waals surface area contributed by atoms with Crippen LogP contribution in [0.3, 0.4) is 0 Å². The summed E-state index contributed by atoms with van der Waals surface area (Å²) >= 11 is 0. The number of hydrogen-bond donors (Lipinski definition) is 4. The summed E-state index contributed by atoms with van der Waals surface area (Å²) in [4.78, 5) is 38.8. The van der Waals surface area contributed by atoms with Gasteiger partial charge in [-0.05, 0) is 55.8 Å². The summed E-state index contributed by atoms with van der Waals surface area (Å²) < 4.78 is 43.7. The minimum atomic E-state index is -1.47. The quantitative estimate of drug-likeness (QED) is 0.223. The number of aromatic hydroxyl groups is 2. The van der Waals surface area contributed by atoms with Crippen molar-refractivity contribution in [3.05, 3.63) is 82.4 Å². The summed E-state index contributed by atoms with van der Waals surface area (Å²) in [6.07, 6.45) is 0.407. The normalized spacial score (nSPS) is 16.4. The zero-order valence-electron chi connectivity index (χ0n) is 22.6. The summed E-state index contributed by atoms with van der Waals surface area (Å²) in [6.45, 7) is 0.952. The molecule has 224 valence electrons. The Labute approximate surface area is 246 Å². The lowest BCUT2D eigenvalue weighted by Gasteiger charge is -2.26. The van der Waals surface area contributed by atoms with E-state index in [9.17, 15) is 33.4 Å². The fourth-order valence-corrected chi connectivity index (χ4v) is 4.44. The SMILES string of the molecule is COc1cc(C(=O)N[C@@H]2CNCCC[C@H]2OC(=O)c2ccc(C(=O)c3c(O)ccc(F)c3F)cc2)cc(OC)c1O.Cl. The molecular weight excluding hydrogens is 578 g/mol. The molecule has 0 saturated carbocycles. The number of rotatable bonds is 8. The van der Waals surface area contributed by atoms with E-state index in [0.29, 0.717) is 32.0 Å². The van der Waals surface area contributed by atoms with Crippen LogP contribution in [0.4, 0.5) is 8.78 Å². The van der Waals surface area contributed by atoms with Crippen LogP contribution < -0.4 is 20.1 Å². The minimum absolute atomic E-state index is 0. The monoisotopic (exact) mass is 606 g/mol. The predicted octanol–water partition coefficient (Wildman–Crippen LogP) is 3.75. The molecule has 0 aliphatic carbocycles. The van der Waals surface area contributed by atoms with Crippen LogP contribution >= 0.6 is 12.4 Å². The molecule has 2 atom stereocenters. The van der Waals surface area contributed by atoms with E-state index in [0.717, 1.165) is 6.07 Å². The van der Waals surface area contributed by atoms with Crippen molar-refractivity contribution in [3.63, 3.8) is 0 Å². The van der Waals surface area contributed by atoms with Crippen LogP contribution in [0, 0.1) is 11.6 Å². The van der Waals surface area contributed by atoms with Gasteiger partial charge in [0.2, 0.25) is 5.75 Å². The number of phenols is 2. The van der Waals surface area contributed by atoms with Gasteiger partial charge in [-0.25, -0.2) is 13.6 Å². The van der Waals surface area contributed by atoms with Gasteiger partial charge in [-0.2, -0.15) is 0 Å². The topological polar surface area (TPSA) is 143 Å². The van der Waals surface area contributed by atoms with Gasteiger partial charge >= 0.3 is 5.97 Å². The number of carbonyl (C=O) groups excluding carboxylic acids is 3. The third kappa shape index (κ3) is 6.89. The van der Waals surface area contributed by atoms with Crippen LogP contribution in [0.15, 0.2) is 48.5 Å². The Morgan fingerprint density at radius 2 is 1.55 bits per heavy atom. The minimum Gasteiger partial charge on any atom is -0.507 e. The van der Waals surface area contributed by atoms with Gasteiger partial charge in [0.05, 0.1) is 25.8 Å². The Hall–Kier alpha value is -4.42. The van der Waals surface area contributed by atoms with Gasteiger partial charge in [0, 0.05) is 17.7 Å². The first-order valence-corrected chi connectivity index (χ1v) is 12.6. The lowest BCUT2D eigenvalue weighted by molar-refractivity contribution is 0.0192. The van der Waals surface area contributed by atoms with E-state index in [1.54, 1.807) is 0 Å². The van der Waals surface area contributed by atoms with Gasteiger partial charge in [-0.1, -0.05) is 12.1 Å². The van der Waals surface area contributed by atoms with Crippen LogP contribution in [0.25, 0.3) is 0 Å². The second-order valence-corrected chi connectivity index (χ2v) is 9.26. The standard InChI is InChI=1S/C29H28F2N2O8.ClH/c1-39-22-12-17(13-23(40-2)27(22)36)28(37)33-19-14-32-11-3-4-21(19)41-29(38)16-7-5-15(6-8-16)26(35)24-20(34)10-9-18(30)25(24)31;/h5-10,12-13,19,21,32,34,36H,3-4,11,14H2,1-2H3,(H,33,37);1H/t19-,21-;/m1./s1. The van der Waals surface area contributed by atoms with E-state index in [1.807, 2.05) is 0 Å². The Bertz CT molecular complexity index is 1440. The van der Waals surface area contributed by atoms with Gasteiger partial charge in [-0.15, -0.1) is 12.4 Å². The highest BCUT2D eigenvalue weighted by Crippen LogP contribution is 2.37. The molecule has 13 heteroatoms. The molecule has 1 amide bonds. The number of halogens is 3. The predicted molar refractivity (Wildman–Crippen MR) is 149 cm³/mol. The molecule has 3 aromatic carbocycles. The molecule has 1 aliphatic rings. The van der Waals surface area contributed by atoms with Crippen LogP contribution in [0.1, 0.15) is 49.5 Å². The molecule has 0 radical (unpaired) electrons. The van der Waals surface area contributed by atoms with Crippen molar-refractivity contribution in [2.45, 2.75) is 25.0 Å². The molecule has 42 heavy (non-hydrogen) atoms. The lowest BCUT2D eigenvalue weighted by atomic mass is 10.0. The van der Waals surface area contributed by atoms with Crippen molar-refractivity contribution in [1.29, 1.82) is 0 Å². The molecule has 1 saturated heterocycles. The van der Waals surface area contributed by atoms with E-state index >= 15 is 0 Å². The molecule has 0 unspecified atom stereocenters. The van der Waals surface area contributed by atoms with Crippen LogP contribution in [-0.4, -0.2) is 67.3 Å². The highest BCUT2D eigenvalue weighted by Gasteiger charge is 2.30. The summed E-state index contributed by atoms with van der Waals surface area (Å²) in [6, 6.07) is 8.75. The first-order valence-electron chi connectivity index (χ1n) is 12.6. The van der Waals surface area contributed by atoms with Crippen molar-refractivity contribution >= 4 is 30.1 Å². The van der Waals surface area contributed by atoms with Crippen molar-refractivity contribution in [3.8, 4) is 23.0 Å². The van der Waals surface area contributed by atoms with Gasteiger partial charge in [0.25, 0.3) is 5.91 Å². The van der Waals surface area contributed by atoms with Crippen molar-refractivity contribution < 1.29 is 47.6 Å². The molecule has 4 N–H and O–H groups in total. The fraction of sp³-hybridized carbons (Fsp3) is 0.276. The van der Waals surface area contributed by atoms with Gasteiger partial charge in [0.15, 0.2) is 28.9 Å². The number of ether oxygens (including phenoxy) is 3. The van der Waals surface area contributed by atoms with Crippen LogP contribution in [0.5, 0.6) is 23.0 Å². The number of nitrogens with one attached hydrogen (secondary N) is 2. The maximum Gasteiger partial charge on any atom is 0.338 e. The van der Waals surface area contributed by atoms with Crippen LogP contribution in [0.2, 0.25) is 0 Å². The third-order valence-electron chi connectivity index (χ3n) is 6.65. The van der Waals surface area contributed by atoms with Crippen LogP contribution in [-0.2, 0) is 4.74 Å². The summed E-state index contributed by atoms with van der Waals surface area (Å²) in [5.74, 6) is -5.80. The first-order chi connectivity index (χ1) is 19.6. The molecule has 1 fully saturated rings. The van der Waals surface area contributed by atoms with E-state index in [-0.39, 0.29) is 46.3 Å². The number of esters is 1. The summed E-state index contributed by atoms with van der Waals surface area (Å²) in [7, 11) is 2.68. The summed E-state index contributed by atoms with van der Waals surface area (Å²) in [5.41, 5.74) is -0.647. The zero-order valence-corrected chi connectivity index (χ0v) is 23.4. The number of benzene rings is 3. The maximum atomic E-state index is 14.1. The Balaban J connectivity index is 0.00000484. The highest BCUT2D eigenvalue weighted by atomic mass is 35.5. The third-order valence-corrected chi connectivity index (χ3v) is 6.65. The number of methoxy groups -OCH3 is 2. The average molecular weight is 607 g/mol. The average Bonchev–Trinajstić information content (AvgIpc) is 3.19. The second-order valence-electron chi connectivity index (χ2n) is 9.26. The molecule has 0 spiro atoms. The Morgan fingerprint density at radius 3 is 2.17 bits per heavy atom. The largest absolute Gasteiger partial charge is 0.507 e. The number of carbonyl (C=O) groups is 3. The molecule has 0 aromatic heterocycles. The van der Waals surface area contributed by atoms with Gasteiger partial charge < -0.3 is 35.1 Å². The van der Waals surface area contributed by atoms with Gasteiger partial charge in [-0.3, -0.25) is 9.59 Å². The van der Waals surface area contributed by atoms with E-state index < -0.39 is 52.8 Å². The summed E-state index contributed by atoms with van der Waals surface area (Å²) in [5, 5.41) is 26.0. The molecule has 10 nitrogen and oxygen atoms in total. The van der Waals surface area contributed by atoms with Crippen molar-refractivity contribution in [2.75, 3.05) is 27.3 Å². The number of amides is 1.